The number of amides is 1. The number of rotatable bonds is 7. The quantitative estimate of drug-likeness (QED) is 0.444. The molecule has 1 amide bonds. The monoisotopic (exact) mass is 371 g/mol. The summed E-state index contributed by atoms with van der Waals surface area (Å²) in [7, 11) is 1.46. The van der Waals surface area contributed by atoms with Crippen LogP contribution in [0.25, 0.3) is 0 Å². The third-order valence-corrected chi connectivity index (χ3v) is 11.2. The normalized spacial score (nSPS) is 22.8. The smallest absolute Gasteiger partial charge is 0.245 e. The minimum Gasteiger partial charge on any atom is -0.412 e. The second-order valence-electron chi connectivity index (χ2n) is 9.80. The van der Waals surface area contributed by atoms with Gasteiger partial charge in [0.25, 0.3) is 0 Å². The van der Waals surface area contributed by atoms with Crippen LogP contribution in [-0.2, 0) is 14.1 Å². The Balaban J connectivity index is 2.51. The van der Waals surface area contributed by atoms with Crippen LogP contribution in [0.1, 0.15) is 73.1 Å². The van der Waals surface area contributed by atoms with Gasteiger partial charge in [0.1, 0.15) is 0 Å². The van der Waals surface area contributed by atoms with Crippen molar-refractivity contribution in [2.24, 2.45) is 11.8 Å². The first-order valence-corrected chi connectivity index (χ1v) is 12.7. The summed E-state index contributed by atoms with van der Waals surface area (Å²) in [4.78, 5) is 16.8. The number of carbonyl (C=O) groups is 1. The third-order valence-electron chi connectivity index (χ3n) is 6.55. The Morgan fingerprint density at radius 2 is 1.60 bits per heavy atom. The maximum Gasteiger partial charge on any atom is 0.245 e. The number of nitrogens with zero attached hydrogens (tertiary/aromatic N) is 1. The van der Waals surface area contributed by atoms with Crippen LogP contribution in [0.4, 0.5) is 0 Å². The molecule has 5 heteroatoms. The molecular formula is C20H41NO3Si. The molecule has 25 heavy (non-hydrogen) atoms. The predicted octanol–water partition coefficient (Wildman–Crippen LogP) is 5.39. The molecule has 0 N–H and O–H groups in total. The summed E-state index contributed by atoms with van der Waals surface area (Å²) in [6.07, 6.45) is 6.39. The van der Waals surface area contributed by atoms with E-state index in [0.717, 1.165) is 6.42 Å². The second kappa shape index (κ2) is 8.53. The summed E-state index contributed by atoms with van der Waals surface area (Å²) in [6, 6.07) is 0. The Labute approximate surface area is 156 Å². The molecule has 0 radical (unpaired) electrons. The van der Waals surface area contributed by atoms with Gasteiger partial charge in [-0.25, -0.2) is 5.06 Å². The van der Waals surface area contributed by atoms with Crippen LogP contribution >= 0.6 is 0 Å². The van der Waals surface area contributed by atoms with E-state index in [4.69, 9.17) is 9.26 Å². The van der Waals surface area contributed by atoms with E-state index in [-0.39, 0.29) is 16.5 Å². The molecule has 0 heterocycles. The third kappa shape index (κ3) is 6.37. The van der Waals surface area contributed by atoms with Gasteiger partial charge >= 0.3 is 0 Å². The van der Waals surface area contributed by atoms with Crippen LogP contribution in [0.2, 0.25) is 18.1 Å². The molecule has 0 bridgehead atoms. The number of hydrogen-bond acceptors (Lipinski definition) is 3. The molecule has 1 aliphatic rings. The van der Waals surface area contributed by atoms with Gasteiger partial charge in [-0.1, -0.05) is 33.6 Å². The lowest BCUT2D eigenvalue weighted by atomic mass is 9.74. The van der Waals surface area contributed by atoms with E-state index in [0.29, 0.717) is 18.3 Å². The van der Waals surface area contributed by atoms with Gasteiger partial charge in [0.2, 0.25) is 5.91 Å². The van der Waals surface area contributed by atoms with Crippen LogP contribution in [0.15, 0.2) is 0 Å². The summed E-state index contributed by atoms with van der Waals surface area (Å²) in [5.41, 5.74) is -0.0555. The molecule has 0 aromatic heterocycles. The highest BCUT2D eigenvalue weighted by Crippen LogP contribution is 2.44. The first-order valence-electron chi connectivity index (χ1n) is 9.81. The number of hydroxylamine groups is 2. The van der Waals surface area contributed by atoms with Gasteiger partial charge < -0.3 is 4.43 Å². The summed E-state index contributed by atoms with van der Waals surface area (Å²) in [6.45, 7) is 16.2. The van der Waals surface area contributed by atoms with Gasteiger partial charge in [-0.15, -0.1) is 0 Å². The van der Waals surface area contributed by atoms with Crippen molar-refractivity contribution in [2.45, 2.75) is 96.9 Å². The van der Waals surface area contributed by atoms with Crippen molar-refractivity contribution in [1.82, 2.24) is 5.06 Å². The number of carbonyl (C=O) groups excluding carboxylic acids is 1. The van der Waals surface area contributed by atoms with Crippen molar-refractivity contribution in [3.63, 3.8) is 0 Å². The summed E-state index contributed by atoms with van der Waals surface area (Å²) >= 11 is 0. The van der Waals surface area contributed by atoms with Crippen molar-refractivity contribution in [2.75, 3.05) is 14.2 Å². The average Bonchev–Trinajstić information content (AvgIpc) is 2.50. The van der Waals surface area contributed by atoms with Gasteiger partial charge in [-0.3, -0.25) is 9.63 Å². The standard InChI is InChI=1S/C20H41NO3Si/c1-19(2,3)25(8,9)24-20(4,5)17-13-10-16(11-14-17)12-15-18(22)21(6)23-7/h16-17H,10-15H2,1-9H3. The molecule has 0 aromatic carbocycles. The van der Waals surface area contributed by atoms with Crippen LogP contribution in [0, 0.1) is 11.8 Å². The first-order chi connectivity index (χ1) is 11.3. The Bertz CT molecular complexity index is 435. The minimum absolute atomic E-state index is 0.0555. The molecule has 0 aromatic rings. The van der Waals surface area contributed by atoms with Crippen LogP contribution in [-0.4, -0.2) is 39.0 Å². The van der Waals surface area contributed by atoms with Crippen molar-refractivity contribution >= 4 is 14.2 Å². The highest BCUT2D eigenvalue weighted by atomic mass is 28.4. The van der Waals surface area contributed by atoms with Crippen LogP contribution < -0.4 is 0 Å². The molecule has 4 nitrogen and oxygen atoms in total. The fourth-order valence-corrected chi connectivity index (χ4v) is 5.42. The fraction of sp³-hybridized carbons (Fsp3) is 0.950. The second-order valence-corrected chi connectivity index (χ2v) is 14.5. The summed E-state index contributed by atoms with van der Waals surface area (Å²) in [5, 5.41) is 1.58. The largest absolute Gasteiger partial charge is 0.412 e. The van der Waals surface area contributed by atoms with E-state index in [2.05, 4.69) is 47.7 Å². The molecule has 1 aliphatic carbocycles. The van der Waals surface area contributed by atoms with Gasteiger partial charge in [-0.2, -0.15) is 0 Å². The molecule has 0 spiro atoms. The summed E-state index contributed by atoms with van der Waals surface area (Å²) in [5.74, 6) is 1.36. The number of hydrogen-bond donors (Lipinski definition) is 0. The van der Waals surface area contributed by atoms with E-state index in [9.17, 15) is 4.79 Å². The SMILES string of the molecule is CON(C)C(=O)CCC1CCC(C(C)(C)O[Si](C)(C)C(C)(C)C)CC1. The molecule has 0 unspecified atom stereocenters. The Morgan fingerprint density at radius 3 is 2.04 bits per heavy atom. The summed E-state index contributed by atoms with van der Waals surface area (Å²) < 4.78 is 6.77. The molecule has 1 rings (SSSR count). The zero-order valence-electron chi connectivity index (χ0n) is 18.1. The Morgan fingerprint density at radius 1 is 1.08 bits per heavy atom. The molecule has 0 atom stereocenters. The van der Waals surface area contributed by atoms with Crippen LogP contribution in [0.5, 0.6) is 0 Å². The molecule has 1 fully saturated rings. The van der Waals surface area contributed by atoms with Crippen molar-refractivity contribution in [1.29, 1.82) is 0 Å². The van der Waals surface area contributed by atoms with E-state index in [1.807, 2.05) is 0 Å². The van der Waals surface area contributed by atoms with Gasteiger partial charge in [0.05, 0.1) is 12.7 Å². The first kappa shape index (κ1) is 22.6. The maximum atomic E-state index is 11.9. The highest BCUT2D eigenvalue weighted by Gasteiger charge is 2.44. The zero-order chi connectivity index (χ0) is 19.5. The highest BCUT2D eigenvalue weighted by molar-refractivity contribution is 6.74. The van der Waals surface area contributed by atoms with Gasteiger partial charge in [-0.05, 0) is 63.1 Å². The van der Waals surface area contributed by atoms with Gasteiger partial charge in [0, 0.05) is 13.5 Å². The van der Waals surface area contributed by atoms with E-state index < -0.39 is 8.32 Å². The predicted molar refractivity (Wildman–Crippen MR) is 107 cm³/mol. The lowest BCUT2D eigenvalue weighted by molar-refractivity contribution is -0.169. The lowest BCUT2D eigenvalue weighted by Crippen LogP contribution is -2.50. The van der Waals surface area contributed by atoms with Crippen molar-refractivity contribution in [3.8, 4) is 0 Å². The maximum absolute atomic E-state index is 11.9. The Kier molecular flexibility index (Phi) is 7.73. The lowest BCUT2D eigenvalue weighted by Gasteiger charge is -2.47. The van der Waals surface area contributed by atoms with E-state index in [1.165, 1.54) is 37.9 Å². The topological polar surface area (TPSA) is 38.8 Å². The molecule has 0 aliphatic heterocycles. The van der Waals surface area contributed by atoms with Gasteiger partial charge in [0.15, 0.2) is 8.32 Å². The average molecular weight is 372 g/mol. The zero-order valence-corrected chi connectivity index (χ0v) is 19.1. The van der Waals surface area contributed by atoms with E-state index >= 15 is 0 Å². The van der Waals surface area contributed by atoms with Crippen molar-refractivity contribution < 1.29 is 14.1 Å². The van der Waals surface area contributed by atoms with E-state index in [1.54, 1.807) is 7.05 Å². The Hall–Kier alpha value is -0.393. The molecule has 148 valence electrons. The van der Waals surface area contributed by atoms with Crippen molar-refractivity contribution in [3.05, 3.63) is 0 Å². The molecule has 1 saturated carbocycles. The minimum atomic E-state index is -1.75. The fourth-order valence-electron chi connectivity index (χ4n) is 3.63. The molecule has 0 saturated heterocycles. The molecular weight excluding hydrogens is 330 g/mol. The van der Waals surface area contributed by atoms with Crippen LogP contribution in [0.3, 0.4) is 0 Å².